The predicted octanol–water partition coefficient (Wildman–Crippen LogP) is 3.01. The number of carbonyl (C=O) groups excluding carboxylic acids is 1. The average molecular weight is 380 g/mol. The summed E-state index contributed by atoms with van der Waals surface area (Å²) >= 11 is 0. The summed E-state index contributed by atoms with van der Waals surface area (Å²) < 4.78 is 19.6. The molecule has 0 radical (unpaired) electrons. The third-order valence-electron chi connectivity index (χ3n) is 5.90. The van der Waals surface area contributed by atoms with Crippen LogP contribution in [0.1, 0.15) is 24.4 Å². The van der Waals surface area contributed by atoms with Crippen LogP contribution in [0, 0.1) is 17.7 Å². The van der Waals surface area contributed by atoms with Crippen LogP contribution in [-0.2, 0) is 11.3 Å². The van der Waals surface area contributed by atoms with E-state index in [4.69, 9.17) is 4.42 Å². The topological polar surface area (TPSA) is 62.5 Å². The molecule has 5 rings (SSSR count). The SMILES string of the molecule is CC(=O)N1C[C@H]2CN(Cc3nc4ncccc4o3)C[C@H]2[C@@H]1c1cccc(F)c1. The smallest absolute Gasteiger partial charge is 0.219 e. The number of hydrogen-bond acceptors (Lipinski definition) is 5. The van der Waals surface area contributed by atoms with Crippen LogP contribution in [0.5, 0.6) is 0 Å². The molecule has 3 aromatic rings. The third-order valence-corrected chi connectivity index (χ3v) is 5.90. The van der Waals surface area contributed by atoms with Gasteiger partial charge in [0, 0.05) is 38.7 Å². The van der Waals surface area contributed by atoms with Gasteiger partial charge in [0.05, 0.1) is 12.6 Å². The summed E-state index contributed by atoms with van der Waals surface area (Å²) in [4.78, 5) is 25.1. The highest BCUT2D eigenvalue weighted by Crippen LogP contribution is 2.45. The van der Waals surface area contributed by atoms with Crippen molar-refractivity contribution >= 4 is 17.1 Å². The summed E-state index contributed by atoms with van der Waals surface area (Å²) in [6, 6.07) is 10.2. The first-order valence-electron chi connectivity index (χ1n) is 9.54. The number of likely N-dealkylation sites (tertiary alicyclic amines) is 2. The van der Waals surface area contributed by atoms with Crippen molar-refractivity contribution in [2.45, 2.75) is 19.5 Å². The molecule has 3 atom stereocenters. The lowest BCUT2D eigenvalue weighted by Crippen LogP contribution is -2.34. The minimum absolute atomic E-state index is 0.0419. The van der Waals surface area contributed by atoms with Crippen molar-refractivity contribution in [3.8, 4) is 0 Å². The van der Waals surface area contributed by atoms with Gasteiger partial charge in [-0.05, 0) is 35.7 Å². The van der Waals surface area contributed by atoms with Crippen LogP contribution in [0.25, 0.3) is 11.2 Å². The molecule has 2 aliphatic heterocycles. The van der Waals surface area contributed by atoms with Crippen molar-refractivity contribution < 1.29 is 13.6 Å². The molecule has 0 saturated carbocycles. The highest BCUT2D eigenvalue weighted by molar-refractivity contribution is 5.74. The van der Waals surface area contributed by atoms with Crippen molar-refractivity contribution in [3.05, 3.63) is 59.9 Å². The summed E-state index contributed by atoms with van der Waals surface area (Å²) in [7, 11) is 0. The van der Waals surface area contributed by atoms with Gasteiger partial charge in [-0.1, -0.05) is 12.1 Å². The van der Waals surface area contributed by atoms with E-state index in [0.717, 1.165) is 18.7 Å². The molecule has 28 heavy (non-hydrogen) atoms. The Bertz CT molecular complexity index is 1000. The number of rotatable bonds is 3. The normalized spacial score (nSPS) is 24.8. The maximum atomic E-state index is 13.8. The quantitative estimate of drug-likeness (QED) is 0.699. The number of halogens is 1. The van der Waals surface area contributed by atoms with Gasteiger partial charge in [-0.15, -0.1) is 0 Å². The maximum absolute atomic E-state index is 13.8. The Morgan fingerprint density at radius 1 is 1.25 bits per heavy atom. The zero-order valence-corrected chi connectivity index (χ0v) is 15.6. The summed E-state index contributed by atoms with van der Waals surface area (Å²) in [5, 5.41) is 0. The Balaban J connectivity index is 1.38. The minimum Gasteiger partial charge on any atom is -0.438 e. The molecule has 2 aliphatic rings. The van der Waals surface area contributed by atoms with Gasteiger partial charge in [0.25, 0.3) is 0 Å². The molecule has 0 aliphatic carbocycles. The fraction of sp³-hybridized carbons (Fsp3) is 0.381. The Labute approximate surface area is 162 Å². The molecule has 144 valence electrons. The van der Waals surface area contributed by atoms with Gasteiger partial charge in [-0.25, -0.2) is 9.37 Å². The molecule has 2 aromatic heterocycles. The van der Waals surface area contributed by atoms with Gasteiger partial charge in [0.2, 0.25) is 11.8 Å². The maximum Gasteiger partial charge on any atom is 0.219 e. The molecule has 6 nitrogen and oxygen atoms in total. The van der Waals surface area contributed by atoms with E-state index in [2.05, 4.69) is 14.9 Å². The van der Waals surface area contributed by atoms with E-state index in [0.29, 0.717) is 36.1 Å². The number of aromatic nitrogens is 2. The van der Waals surface area contributed by atoms with Gasteiger partial charge >= 0.3 is 0 Å². The summed E-state index contributed by atoms with van der Waals surface area (Å²) in [6.07, 6.45) is 1.70. The van der Waals surface area contributed by atoms with Crippen LogP contribution in [0.3, 0.4) is 0 Å². The van der Waals surface area contributed by atoms with Crippen LogP contribution < -0.4 is 0 Å². The molecule has 0 N–H and O–H groups in total. The monoisotopic (exact) mass is 380 g/mol. The second kappa shape index (κ2) is 6.67. The standard InChI is InChI=1S/C21H21FN4O2/c1-13(27)26-10-15-9-25(12-19-24-21-18(28-19)6-3-7-23-21)11-17(15)20(26)14-4-2-5-16(22)8-14/h2-8,15,17,20H,9-12H2,1H3/t15-,17-,20+/m1/s1. The van der Waals surface area contributed by atoms with Crippen LogP contribution in [0.4, 0.5) is 4.39 Å². The lowest BCUT2D eigenvalue weighted by Gasteiger charge is -2.29. The average Bonchev–Trinajstić information content (AvgIpc) is 3.33. The summed E-state index contributed by atoms with van der Waals surface area (Å²) in [6.45, 7) is 4.59. The van der Waals surface area contributed by atoms with E-state index in [1.54, 1.807) is 25.3 Å². The van der Waals surface area contributed by atoms with Gasteiger partial charge in [-0.3, -0.25) is 9.69 Å². The van der Waals surface area contributed by atoms with Crippen LogP contribution in [0.2, 0.25) is 0 Å². The lowest BCUT2D eigenvalue weighted by molar-refractivity contribution is -0.130. The van der Waals surface area contributed by atoms with Gasteiger partial charge < -0.3 is 9.32 Å². The zero-order chi connectivity index (χ0) is 19.3. The number of amides is 1. The number of carbonyl (C=O) groups is 1. The largest absolute Gasteiger partial charge is 0.438 e. The summed E-state index contributed by atoms with van der Waals surface area (Å²) in [5.74, 6) is 1.06. The Morgan fingerprint density at radius 3 is 2.93 bits per heavy atom. The number of benzene rings is 1. The molecule has 0 bridgehead atoms. The predicted molar refractivity (Wildman–Crippen MR) is 101 cm³/mol. The van der Waals surface area contributed by atoms with Crippen molar-refractivity contribution in [2.24, 2.45) is 11.8 Å². The third kappa shape index (κ3) is 2.96. The highest BCUT2D eigenvalue weighted by atomic mass is 19.1. The lowest BCUT2D eigenvalue weighted by atomic mass is 9.89. The van der Waals surface area contributed by atoms with Crippen molar-refractivity contribution in [2.75, 3.05) is 19.6 Å². The molecular formula is C21H21FN4O2. The van der Waals surface area contributed by atoms with Crippen molar-refractivity contribution in [1.29, 1.82) is 0 Å². The zero-order valence-electron chi connectivity index (χ0n) is 15.6. The van der Waals surface area contributed by atoms with E-state index in [-0.39, 0.29) is 23.7 Å². The van der Waals surface area contributed by atoms with Crippen molar-refractivity contribution in [1.82, 2.24) is 19.8 Å². The van der Waals surface area contributed by atoms with Gasteiger partial charge in [0.15, 0.2) is 11.2 Å². The molecular weight excluding hydrogens is 359 g/mol. The number of fused-ring (bicyclic) bond motifs is 2. The Hall–Kier alpha value is -2.80. The number of oxazole rings is 1. The molecule has 0 spiro atoms. The molecule has 1 amide bonds. The van der Waals surface area contributed by atoms with E-state index in [1.807, 2.05) is 23.1 Å². The second-order valence-corrected chi connectivity index (χ2v) is 7.72. The highest BCUT2D eigenvalue weighted by Gasteiger charge is 2.48. The van der Waals surface area contributed by atoms with Crippen molar-refractivity contribution in [3.63, 3.8) is 0 Å². The van der Waals surface area contributed by atoms with Gasteiger partial charge in [-0.2, -0.15) is 4.98 Å². The second-order valence-electron chi connectivity index (χ2n) is 7.72. The first-order chi connectivity index (χ1) is 13.6. The van der Waals surface area contributed by atoms with E-state index < -0.39 is 0 Å². The summed E-state index contributed by atoms with van der Waals surface area (Å²) in [5.41, 5.74) is 2.19. The molecule has 0 unspecified atom stereocenters. The van der Waals surface area contributed by atoms with Crippen LogP contribution in [0.15, 0.2) is 47.0 Å². The van der Waals surface area contributed by atoms with E-state index in [1.165, 1.54) is 6.07 Å². The number of nitrogens with zero attached hydrogens (tertiary/aromatic N) is 4. The number of pyridine rings is 1. The van der Waals surface area contributed by atoms with Gasteiger partial charge in [0.1, 0.15) is 5.82 Å². The van der Waals surface area contributed by atoms with Crippen LogP contribution in [-0.4, -0.2) is 45.3 Å². The molecule has 2 saturated heterocycles. The Morgan fingerprint density at radius 2 is 2.14 bits per heavy atom. The first kappa shape index (κ1) is 17.3. The first-order valence-corrected chi connectivity index (χ1v) is 9.54. The van der Waals surface area contributed by atoms with Crippen LogP contribution >= 0.6 is 0 Å². The fourth-order valence-electron chi connectivity index (χ4n) is 4.78. The molecule has 4 heterocycles. The number of hydrogen-bond donors (Lipinski definition) is 0. The van der Waals surface area contributed by atoms with E-state index in [9.17, 15) is 9.18 Å². The Kier molecular flexibility index (Phi) is 4.12. The van der Waals surface area contributed by atoms with E-state index >= 15 is 0 Å². The minimum atomic E-state index is -0.265. The fourth-order valence-corrected chi connectivity index (χ4v) is 4.78. The molecule has 2 fully saturated rings. The molecule has 7 heteroatoms. The molecule has 1 aromatic carbocycles.